The van der Waals surface area contributed by atoms with E-state index in [-0.39, 0.29) is 5.70 Å². The molecule has 0 unspecified atom stereocenters. The zero-order valence-electron chi connectivity index (χ0n) is 10.8. The fraction of sp³-hybridized carbons (Fsp3) is 0.250. The van der Waals surface area contributed by atoms with Crippen molar-refractivity contribution in [2.75, 3.05) is 19.5 Å². The summed E-state index contributed by atoms with van der Waals surface area (Å²) >= 11 is 0. The molecule has 19 heavy (non-hydrogen) atoms. The molecule has 0 saturated carbocycles. The van der Waals surface area contributed by atoms with Crippen molar-refractivity contribution in [3.05, 3.63) is 45.8 Å². The zero-order valence-corrected chi connectivity index (χ0v) is 10.8. The van der Waals surface area contributed by atoms with Crippen molar-refractivity contribution in [3.63, 3.8) is 0 Å². The normalized spacial score (nSPS) is 11.3. The molecule has 0 aliphatic carbocycles. The first kappa shape index (κ1) is 14.5. The molecule has 7 nitrogen and oxygen atoms in total. The third kappa shape index (κ3) is 3.70. The van der Waals surface area contributed by atoms with Gasteiger partial charge in [0.1, 0.15) is 5.75 Å². The van der Waals surface area contributed by atoms with E-state index in [9.17, 15) is 14.9 Å². The van der Waals surface area contributed by atoms with Crippen LogP contribution in [0.2, 0.25) is 0 Å². The molecule has 1 aromatic carbocycles. The summed E-state index contributed by atoms with van der Waals surface area (Å²) in [5, 5.41) is 13.6. The van der Waals surface area contributed by atoms with Gasteiger partial charge in [0, 0.05) is 5.69 Å². The molecule has 0 heterocycles. The molecule has 1 N–H and O–H groups in total. The summed E-state index contributed by atoms with van der Waals surface area (Å²) in [6.45, 7) is 1.43. The van der Waals surface area contributed by atoms with Crippen LogP contribution in [0.5, 0.6) is 5.75 Å². The van der Waals surface area contributed by atoms with Crippen LogP contribution in [-0.4, -0.2) is 25.1 Å². The SMILES string of the molecule is COC(=O)/C(=C(/C)Nc1ccc(OC)cc1)[N+](=O)[O-]. The van der Waals surface area contributed by atoms with E-state index in [1.807, 2.05) is 0 Å². The van der Waals surface area contributed by atoms with Crippen molar-refractivity contribution in [2.24, 2.45) is 0 Å². The van der Waals surface area contributed by atoms with E-state index in [1.165, 1.54) is 14.0 Å². The van der Waals surface area contributed by atoms with Crippen LogP contribution in [0.3, 0.4) is 0 Å². The van der Waals surface area contributed by atoms with E-state index >= 15 is 0 Å². The second kappa shape index (κ2) is 6.39. The van der Waals surface area contributed by atoms with Crippen LogP contribution in [0.4, 0.5) is 5.69 Å². The molecule has 0 saturated heterocycles. The van der Waals surface area contributed by atoms with Crippen LogP contribution in [0.15, 0.2) is 35.7 Å². The maximum atomic E-state index is 11.3. The highest BCUT2D eigenvalue weighted by molar-refractivity contribution is 5.87. The van der Waals surface area contributed by atoms with Crippen LogP contribution in [0.25, 0.3) is 0 Å². The van der Waals surface area contributed by atoms with Crippen LogP contribution >= 0.6 is 0 Å². The number of benzene rings is 1. The monoisotopic (exact) mass is 266 g/mol. The number of carbonyl (C=O) groups excluding carboxylic acids is 1. The van der Waals surface area contributed by atoms with Crippen LogP contribution in [-0.2, 0) is 9.53 Å². The van der Waals surface area contributed by atoms with Gasteiger partial charge in [-0.15, -0.1) is 0 Å². The Kier molecular flexibility index (Phi) is 4.87. The summed E-state index contributed by atoms with van der Waals surface area (Å²) in [6, 6.07) is 6.74. The Morgan fingerprint density at radius 1 is 1.26 bits per heavy atom. The Bertz CT molecular complexity index is 507. The topological polar surface area (TPSA) is 90.7 Å². The van der Waals surface area contributed by atoms with Gasteiger partial charge >= 0.3 is 11.7 Å². The molecule has 0 fully saturated rings. The third-order valence-corrected chi connectivity index (χ3v) is 2.34. The number of allylic oxidation sites excluding steroid dienone is 1. The predicted octanol–water partition coefficient (Wildman–Crippen LogP) is 1.79. The number of nitrogens with one attached hydrogen (secondary N) is 1. The van der Waals surface area contributed by atoms with E-state index in [0.717, 1.165) is 7.11 Å². The summed E-state index contributed by atoms with van der Waals surface area (Å²) in [6.07, 6.45) is 0. The van der Waals surface area contributed by atoms with Gasteiger partial charge in [0.25, 0.3) is 0 Å². The summed E-state index contributed by atoms with van der Waals surface area (Å²) in [5.74, 6) is -0.335. The smallest absolute Gasteiger partial charge is 0.411 e. The minimum atomic E-state index is -0.997. The zero-order chi connectivity index (χ0) is 14.4. The first-order valence-electron chi connectivity index (χ1n) is 5.34. The highest BCUT2D eigenvalue weighted by atomic mass is 16.6. The van der Waals surface area contributed by atoms with Gasteiger partial charge in [-0.2, -0.15) is 0 Å². The number of anilines is 1. The van der Waals surface area contributed by atoms with Gasteiger partial charge in [-0.3, -0.25) is 10.1 Å². The van der Waals surface area contributed by atoms with E-state index in [0.29, 0.717) is 11.4 Å². The first-order valence-corrected chi connectivity index (χ1v) is 5.34. The van der Waals surface area contributed by atoms with E-state index in [2.05, 4.69) is 10.1 Å². The van der Waals surface area contributed by atoms with Crippen molar-refractivity contribution < 1.29 is 19.2 Å². The molecule has 7 heteroatoms. The fourth-order valence-corrected chi connectivity index (χ4v) is 1.41. The molecule has 0 amide bonds. The quantitative estimate of drug-likeness (QED) is 0.378. The van der Waals surface area contributed by atoms with Crippen LogP contribution < -0.4 is 10.1 Å². The fourth-order valence-electron chi connectivity index (χ4n) is 1.41. The Morgan fingerprint density at radius 2 is 1.84 bits per heavy atom. The molecule has 0 spiro atoms. The molecule has 0 bridgehead atoms. The molecule has 1 aromatic rings. The second-order valence-corrected chi connectivity index (χ2v) is 3.58. The van der Waals surface area contributed by atoms with Crippen molar-refractivity contribution in [3.8, 4) is 5.75 Å². The lowest BCUT2D eigenvalue weighted by molar-refractivity contribution is -0.422. The number of hydrogen-bond acceptors (Lipinski definition) is 6. The second-order valence-electron chi connectivity index (χ2n) is 3.58. The van der Waals surface area contributed by atoms with Gasteiger partial charge < -0.3 is 14.8 Å². The molecule has 0 radical (unpaired) electrons. The summed E-state index contributed by atoms with van der Waals surface area (Å²) in [7, 11) is 2.63. The molecule has 0 atom stereocenters. The van der Waals surface area contributed by atoms with Gasteiger partial charge in [0.05, 0.1) is 24.8 Å². The number of nitro groups is 1. The lowest BCUT2D eigenvalue weighted by Gasteiger charge is -2.07. The standard InChI is InChI=1S/C12H14N2O5/c1-8(11(14(16)17)12(15)19-3)13-9-4-6-10(18-2)7-5-9/h4-7,13H,1-3H3/b11-8+. The Hall–Kier alpha value is -2.57. The maximum Gasteiger partial charge on any atom is 0.411 e. The summed E-state index contributed by atoms with van der Waals surface area (Å²) in [5.41, 5.74) is 0.0712. The van der Waals surface area contributed by atoms with E-state index in [4.69, 9.17) is 4.74 Å². The molecule has 1 rings (SSSR count). The molecule has 0 aliphatic rings. The Labute approximate surface area is 110 Å². The Balaban J connectivity index is 2.99. The van der Waals surface area contributed by atoms with Gasteiger partial charge in [-0.05, 0) is 31.2 Å². The number of rotatable bonds is 5. The minimum Gasteiger partial charge on any atom is -0.497 e. The van der Waals surface area contributed by atoms with Crippen molar-refractivity contribution in [1.29, 1.82) is 0 Å². The number of nitrogens with zero attached hydrogens (tertiary/aromatic N) is 1. The summed E-state index contributed by atoms with van der Waals surface area (Å²) in [4.78, 5) is 21.3. The highest BCUT2D eigenvalue weighted by Crippen LogP contribution is 2.18. The Morgan fingerprint density at radius 3 is 2.26 bits per heavy atom. The molecular formula is C12H14N2O5. The average molecular weight is 266 g/mol. The molecule has 0 aromatic heterocycles. The van der Waals surface area contributed by atoms with Gasteiger partial charge in [-0.25, -0.2) is 4.79 Å². The molecule has 0 aliphatic heterocycles. The average Bonchev–Trinajstić information content (AvgIpc) is 2.39. The number of esters is 1. The van der Waals surface area contributed by atoms with Crippen molar-refractivity contribution >= 4 is 11.7 Å². The van der Waals surface area contributed by atoms with Gasteiger partial charge in [0.15, 0.2) is 0 Å². The van der Waals surface area contributed by atoms with E-state index in [1.54, 1.807) is 24.3 Å². The molecule has 102 valence electrons. The minimum absolute atomic E-state index is 0.0991. The number of carbonyl (C=O) groups is 1. The van der Waals surface area contributed by atoms with Gasteiger partial charge in [-0.1, -0.05) is 0 Å². The van der Waals surface area contributed by atoms with E-state index < -0.39 is 16.6 Å². The van der Waals surface area contributed by atoms with Gasteiger partial charge in [0.2, 0.25) is 0 Å². The van der Waals surface area contributed by atoms with Crippen molar-refractivity contribution in [2.45, 2.75) is 6.92 Å². The number of ether oxygens (including phenoxy) is 2. The predicted molar refractivity (Wildman–Crippen MR) is 68.3 cm³/mol. The number of methoxy groups -OCH3 is 2. The maximum absolute atomic E-state index is 11.3. The van der Waals surface area contributed by atoms with Crippen LogP contribution in [0, 0.1) is 10.1 Å². The largest absolute Gasteiger partial charge is 0.497 e. The number of hydrogen-bond donors (Lipinski definition) is 1. The summed E-state index contributed by atoms with van der Waals surface area (Å²) < 4.78 is 9.36. The lowest BCUT2D eigenvalue weighted by atomic mass is 10.2. The lowest BCUT2D eigenvalue weighted by Crippen LogP contribution is -2.17. The molecular weight excluding hydrogens is 252 g/mol. The third-order valence-electron chi connectivity index (χ3n) is 2.34. The van der Waals surface area contributed by atoms with Crippen molar-refractivity contribution in [1.82, 2.24) is 0 Å². The van der Waals surface area contributed by atoms with Crippen LogP contribution in [0.1, 0.15) is 6.92 Å². The first-order chi connectivity index (χ1) is 8.99. The highest BCUT2D eigenvalue weighted by Gasteiger charge is 2.26.